The van der Waals surface area contributed by atoms with Crippen LogP contribution in [-0.2, 0) is 16.1 Å². The van der Waals surface area contributed by atoms with E-state index < -0.39 is 0 Å². The van der Waals surface area contributed by atoms with Gasteiger partial charge < -0.3 is 10.1 Å². The Kier molecular flexibility index (Phi) is 7.54. The second-order valence-corrected chi connectivity index (χ2v) is 9.74. The van der Waals surface area contributed by atoms with Crippen molar-refractivity contribution in [3.63, 3.8) is 0 Å². The van der Waals surface area contributed by atoms with Gasteiger partial charge in [0.05, 0.1) is 24.3 Å². The zero-order chi connectivity index (χ0) is 23.2. The van der Waals surface area contributed by atoms with E-state index in [1.807, 2.05) is 60.0 Å². The predicted molar refractivity (Wildman–Crippen MR) is 137 cm³/mol. The lowest BCUT2D eigenvalue weighted by Crippen LogP contribution is -2.33. The van der Waals surface area contributed by atoms with Crippen molar-refractivity contribution in [1.82, 2.24) is 15.2 Å². The smallest absolute Gasteiger partial charge is 0.266 e. The Hall–Kier alpha value is -3.01. The number of benzene rings is 2. The molecule has 1 fully saturated rings. The molecule has 3 aromatic rings. The number of thiocarbonyl (C=S) groups is 1. The number of hydrogen-bond donors (Lipinski definition) is 1. The number of methoxy groups -OCH3 is 1. The summed E-state index contributed by atoms with van der Waals surface area (Å²) in [6, 6.07) is 17.3. The molecule has 0 bridgehead atoms. The largest absolute Gasteiger partial charge is 0.497 e. The standard InChI is InChI=1S/C24H21N3O3S3/c1-30-18-9-7-16(8-10-18)13-20-23(29)27(24(31)33-20)12-11-21(28)25-14-22-26-19(15-32-22)17-5-3-2-4-6-17/h2-10,13,15H,11-12,14H2,1H3,(H,25,28)/b20-13-. The van der Waals surface area contributed by atoms with Crippen LogP contribution in [0.15, 0.2) is 64.9 Å². The minimum absolute atomic E-state index is 0.153. The number of thiazole rings is 1. The highest BCUT2D eigenvalue weighted by atomic mass is 32.2. The van der Waals surface area contributed by atoms with E-state index in [-0.39, 0.29) is 24.8 Å². The first-order valence-corrected chi connectivity index (χ1v) is 12.3. The fourth-order valence-electron chi connectivity index (χ4n) is 3.15. The number of carbonyl (C=O) groups excluding carboxylic acids is 2. The zero-order valence-corrected chi connectivity index (χ0v) is 20.3. The van der Waals surface area contributed by atoms with Crippen LogP contribution in [0.4, 0.5) is 0 Å². The van der Waals surface area contributed by atoms with Crippen molar-refractivity contribution < 1.29 is 14.3 Å². The normalized spacial score (nSPS) is 14.7. The molecule has 9 heteroatoms. The second kappa shape index (κ2) is 10.7. The lowest BCUT2D eigenvalue weighted by molar-refractivity contribution is -0.123. The highest BCUT2D eigenvalue weighted by Gasteiger charge is 2.32. The molecular formula is C24H21N3O3S3. The van der Waals surface area contributed by atoms with Crippen molar-refractivity contribution in [2.75, 3.05) is 13.7 Å². The van der Waals surface area contributed by atoms with Crippen LogP contribution in [0.3, 0.4) is 0 Å². The summed E-state index contributed by atoms with van der Waals surface area (Å²) in [5.74, 6) is 0.417. The van der Waals surface area contributed by atoms with Crippen molar-refractivity contribution in [3.8, 4) is 17.0 Å². The van der Waals surface area contributed by atoms with Crippen molar-refractivity contribution in [2.45, 2.75) is 13.0 Å². The molecule has 168 valence electrons. The van der Waals surface area contributed by atoms with Crippen LogP contribution < -0.4 is 10.1 Å². The third kappa shape index (κ3) is 5.87. The number of aromatic nitrogens is 1. The van der Waals surface area contributed by atoms with E-state index in [4.69, 9.17) is 17.0 Å². The number of thioether (sulfide) groups is 1. The second-order valence-electron chi connectivity index (χ2n) is 7.13. The van der Waals surface area contributed by atoms with Crippen LogP contribution >= 0.6 is 35.3 Å². The Bertz CT molecular complexity index is 1190. The van der Waals surface area contributed by atoms with Crippen LogP contribution in [0.1, 0.15) is 17.0 Å². The van der Waals surface area contributed by atoms with Crippen molar-refractivity contribution in [3.05, 3.63) is 75.5 Å². The van der Waals surface area contributed by atoms with E-state index in [1.165, 1.54) is 28.0 Å². The van der Waals surface area contributed by atoms with Crippen LogP contribution in [0, 0.1) is 0 Å². The molecule has 2 heterocycles. The molecule has 0 spiro atoms. The van der Waals surface area contributed by atoms with E-state index in [9.17, 15) is 9.59 Å². The van der Waals surface area contributed by atoms with Crippen molar-refractivity contribution in [2.24, 2.45) is 0 Å². The average Bonchev–Trinajstić information content (AvgIpc) is 3.42. The molecule has 6 nitrogen and oxygen atoms in total. The minimum Gasteiger partial charge on any atom is -0.497 e. The van der Waals surface area contributed by atoms with Gasteiger partial charge in [0.2, 0.25) is 5.91 Å². The number of ether oxygens (including phenoxy) is 1. The number of nitrogens with zero attached hydrogens (tertiary/aromatic N) is 2. The summed E-state index contributed by atoms with van der Waals surface area (Å²) < 4.78 is 5.61. The van der Waals surface area contributed by atoms with Crippen LogP contribution in [0.25, 0.3) is 17.3 Å². The van der Waals surface area contributed by atoms with Crippen molar-refractivity contribution in [1.29, 1.82) is 0 Å². The maximum absolute atomic E-state index is 12.8. The van der Waals surface area contributed by atoms with E-state index in [2.05, 4.69) is 10.3 Å². The SMILES string of the molecule is COc1ccc(/C=C2\SC(=S)N(CCC(=O)NCc3nc(-c4ccccc4)cs3)C2=O)cc1. The molecular weight excluding hydrogens is 474 g/mol. The fourth-order valence-corrected chi connectivity index (χ4v) is 5.21. The van der Waals surface area contributed by atoms with Gasteiger partial charge in [-0.3, -0.25) is 14.5 Å². The third-order valence-electron chi connectivity index (χ3n) is 4.91. The molecule has 33 heavy (non-hydrogen) atoms. The summed E-state index contributed by atoms with van der Waals surface area (Å²) in [5, 5.41) is 5.68. The predicted octanol–water partition coefficient (Wildman–Crippen LogP) is 4.73. The Morgan fingerprint density at radius 1 is 1.18 bits per heavy atom. The van der Waals surface area contributed by atoms with E-state index in [0.717, 1.165) is 27.6 Å². The lowest BCUT2D eigenvalue weighted by Gasteiger charge is -2.13. The average molecular weight is 496 g/mol. The Labute approximate surface area is 205 Å². The molecule has 0 saturated carbocycles. The maximum atomic E-state index is 12.8. The Balaban J connectivity index is 1.28. The number of nitrogens with one attached hydrogen (secondary N) is 1. The first-order valence-electron chi connectivity index (χ1n) is 10.2. The molecule has 1 saturated heterocycles. The molecule has 0 unspecified atom stereocenters. The molecule has 1 aliphatic heterocycles. The molecule has 0 aliphatic carbocycles. The number of amides is 2. The molecule has 1 aromatic heterocycles. The quantitative estimate of drug-likeness (QED) is 0.360. The van der Waals surface area contributed by atoms with E-state index >= 15 is 0 Å². The van der Waals surface area contributed by atoms with Crippen LogP contribution in [-0.4, -0.2) is 39.7 Å². The lowest BCUT2D eigenvalue weighted by atomic mass is 10.2. The van der Waals surface area contributed by atoms with Gasteiger partial charge in [-0.15, -0.1) is 11.3 Å². The van der Waals surface area contributed by atoms with Gasteiger partial charge in [0.15, 0.2) is 0 Å². The molecule has 0 radical (unpaired) electrons. The molecule has 4 rings (SSSR count). The fraction of sp³-hybridized carbons (Fsp3) is 0.167. The summed E-state index contributed by atoms with van der Waals surface area (Å²) in [4.78, 5) is 31.7. The summed E-state index contributed by atoms with van der Waals surface area (Å²) in [6.07, 6.45) is 1.96. The Morgan fingerprint density at radius 3 is 2.67 bits per heavy atom. The highest BCUT2D eigenvalue weighted by Crippen LogP contribution is 2.32. The van der Waals surface area contributed by atoms with Gasteiger partial charge in [0, 0.05) is 23.9 Å². The molecule has 2 aromatic carbocycles. The monoisotopic (exact) mass is 495 g/mol. The highest BCUT2D eigenvalue weighted by molar-refractivity contribution is 8.26. The number of hydrogen-bond acceptors (Lipinski definition) is 7. The molecule has 1 N–H and O–H groups in total. The van der Waals surface area contributed by atoms with Gasteiger partial charge >= 0.3 is 0 Å². The first kappa shape index (κ1) is 23.2. The summed E-state index contributed by atoms with van der Waals surface area (Å²) in [7, 11) is 1.61. The van der Waals surface area contributed by atoms with Gasteiger partial charge in [-0.1, -0.05) is 66.4 Å². The van der Waals surface area contributed by atoms with E-state index in [1.54, 1.807) is 13.2 Å². The van der Waals surface area contributed by atoms with Gasteiger partial charge in [0.1, 0.15) is 15.1 Å². The first-order chi connectivity index (χ1) is 16.0. The zero-order valence-electron chi connectivity index (χ0n) is 17.8. The molecule has 0 atom stereocenters. The summed E-state index contributed by atoms with van der Waals surface area (Å²) >= 11 is 8.11. The van der Waals surface area contributed by atoms with Gasteiger partial charge in [0.25, 0.3) is 5.91 Å². The van der Waals surface area contributed by atoms with Gasteiger partial charge in [-0.25, -0.2) is 4.98 Å². The topological polar surface area (TPSA) is 71.5 Å². The maximum Gasteiger partial charge on any atom is 0.266 e. The van der Waals surface area contributed by atoms with Gasteiger partial charge in [-0.05, 0) is 23.8 Å². The number of rotatable bonds is 8. The van der Waals surface area contributed by atoms with Crippen molar-refractivity contribution >= 4 is 57.5 Å². The molecule has 2 amide bonds. The number of carbonyl (C=O) groups is 2. The van der Waals surface area contributed by atoms with E-state index in [0.29, 0.717) is 15.8 Å². The van der Waals surface area contributed by atoms with Crippen LogP contribution in [0.2, 0.25) is 0 Å². The third-order valence-corrected chi connectivity index (χ3v) is 7.13. The minimum atomic E-state index is -0.180. The Morgan fingerprint density at radius 2 is 1.94 bits per heavy atom. The van der Waals surface area contributed by atoms with Crippen LogP contribution in [0.5, 0.6) is 5.75 Å². The van der Waals surface area contributed by atoms with Gasteiger partial charge in [-0.2, -0.15) is 0 Å². The molecule has 1 aliphatic rings. The summed E-state index contributed by atoms with van der Waals surface area (Å²) in [6.45, 7) is 0.593. The summed E-state index contributed by atoms with van der Waals surface area (Å²) in [5.41, 5.74) is 2.82.